The molecule has 2 nitrogen and oxygen atoms in total. The molecule has 0 radical (unpaired) electrons. The van der Waals surface area contributed by atoms with E-state index in [0.717, 1.165) is 12.5 Å². The van der Waals surface area contributed by atoms with Crippen LogP contribution in [0.3, 0.4) is 0 Å². The van der Waals surface area contributed by atoms with Gasteiger partial charge >= 0.3 is 0 Å². The highest BCUT2D eigenvalue weighted by Crippen LogP contribution is 2.45. The molecule has 1 N–H and O–H groups in total. The van der Waals surface area contributed by atoms with Crippen molar-refractivity contribution in [3.05, 3.63) is 16.1 Å². The van der Waals surface area contributed by atoms with Gasteiger partial charge in [0.05, 0.1) is 11.2 Å². The van der Waals surface area contributed by atoms with Crippen molar-refractivity contribution in [3.63, 3.8) is 0 Å². The van der Waals surface area contributed by atoms with Gasteiger partial charge in [0.15, 0.2) is 0 Å². The zero-order valence-electron chi connectivity index (χ0n) is 13.0. The largest absolute Gasteiger partial charge is 0.305 e. The molecule has 3 atom stereocenters. The molecule has 1 saturated carbocycles. The van der Waals surface area contributed by atoms with Crippen LogP contribution in [0.15, 0.2) is 5.38 Å². The van der Waals surface area contributed by atoms with Gasteiger partial charge in [0.2, 0.25) is 0 Å². The summed E-state index contributed by atoms with van der Waals surface area (Å²) in [6.07, 6.45) is 3.91. The summed E-state index contributed by atoms with van der Waals surface area (Å²) < 4.78 is 0. The molecule has 0 saturated heterocycles. The molecule has 1 aliphatic carbocycles. The summed E-state index contributed by atoms with van der Waals surface area (Å²) in [4.78, 5) is 4.97. The van der Waals surface area contributed by atoms with E-state index in [1.54, 1.807) is 0 Å². The third-order valence-corrected chi connectivity index (χ3v) is 5.89. The van der Waals surface area contributed by atoms with E-state index < -0.39 is 0 Å². The first-order valence-electron chi connectivity index (χ1n) is 7.72. The molecule has 1 fully saturated rings. The Morgan fingerprint density at radius 3 is 2.79 bits per heavy atom. The van der Waals surface area contributed by atoms with Crippen LogP contribution in [0.2, 0.25) is 0 Å². The fraction of sp³-hybridized carbons (Fsp3) is 0.812. The second-order valence-electron chi connectivity index (χ2n) is 6.39. The van der Waals surface area contributed by atoms with Crippen LogP contribution in [-0.2, 0) is 5.54 Å². The van der Waals surface area contributed by atoms with Gasteiger partial charge in [-0.25, -0.2) is 4.98 Å². The summed E-state index contributed by atoms with van der Waals surface area (Å²) in [7, 11) is 0. The molecule has 0 bridgehead atoms. The molecular weight excluding hydrogens is 252 g/mol. The number of rotatable bonds is 4. The van der Waals surface area contributed by atoms with Gasteiger partial charge < -0.3 is 5.32 Å². The topological polar surface area (TPSA) is 24.9 Å². The van der Waals surface area contributed by atoms with Crippen molar-refractivity contribution in [3.8, 4) is 0 Å². The van der Waals surface area contributed by atoms with Crippen molar-refractivity contribution in [2.24, 2.45) is 11.8 Å². The first-order chi connectivity index (χ1) is 9.01. The molecule has 2 rings (SSSR count). The molecule has 1 heterocycles. The second-order valence-corrected chi connectivity index (χ2v) is 7.25. The Hall–Kier alpha value is -0.410. The Morgan fingerprint density at radius 1 is 1.47 bits per heavy atom. The number of aromatic nitrogens is 1. The number of nitrogens with one attached hydrogen (secondary N) is 1. The molecule has 0 aliphatic heterocycles. The minimum Gasteiger partial charge on any atom is -0.305 e. The normalized spacial score (nSPS) is 31.9. The van der Waals surface area contributed by atoms with Crippen LogP contribution in [0.25, 0.3) is 0 Å². The van der Waals surface area contributed by atoms with Crippen molar-refractivity contribution >= 4 is 11.3 Å². The van der Waals surface area contributed by atoms with E-state index in [0.29, 0.717) is 11.8 Å². The maximum Gasteiger partial charge on any atom is 0.113 e. The summed E-state index contributed by atoms with van der Waals surface area (Å²) in [5.41, 5.74) is 1.37. The van der Waals surface area contributed by atoms with E-state index >= 15 is 0 Å². The lowest BCUT2D eigenvalue weighted by atomic mass is 9.68. The van der Waals surface area contributed by atoms with E-state index in [9.17, 15) is 0 Å². The summed E-state index contributed by atoms with van der Waals surface area (Å²) in [6.45, 7) is 12.5. The predicted molar refractivity (Wildman–Crippen MR) is 83.7 cm³/mol. The van der Waals surface area contributed by atoms with Gasteiger partial charge in [0, 0.05) is 5.38 Å². The first kappa shape index (κ1) is 15.0. The van der Waals surface area contributed by atoms with Crippen LogP contribution in [-0.4, -0.2) is 11.5 Å². The van der Waals surface area contributed by atoms with E-state index in [4.69, 9.17) is 4.98 Å². The Balaban J connectivity index is 2.36. The van der Waals surface area contributed by atoms with Crippen LogP contribution < -0.4 is 5.32 Å². The fourth-order valence-corrected chi connectivity index (χ4v) is 4.65. The zero-order chi connectivity index (χ0) is 14.0. The molecule has 0 spiro atoms. The van der Waals surface area contributed by atoms with E-state index in [1.165, 1.54) is 30.0 Å². The minimum absolute atomic E-state index is 0.115. The monoisotopic (exact) mass is 280 g/mol. The van der Waals surface area contributed by atoms with Crippen LogP contribution in [0.5, 0.6) is 0 Å². The third kappa shape index (κ3) is 2.73. The number of thiazole rings is 1. The number of hydrogen-bond donors (Lipinski definition) is 1. The zero-order valence-corrected chi connectivity index (χ0v) is 13.8. The molecule has 0 amide bonds. The summed E-state index contributed by atoms with van der Waals surface area (Å²) >= 11 is 1.86. The molecule has 1 aromatic heterocycles. The number of nitrogens with zero attached hydrogens (tertiary/aromatic N) is 1. The predicted octanol–water partition coefficient (Wildman–Crippen LogP) is 4.53. The van der Waals surface area contributed by atoms with Crippen molar-refractivity contribution in [2.45, 2.75) is 65.3 Å². The Morgan fingerprint density at radius 2 is 2.21 bits per heavy atom. The Kier molecular flexibility index (Phi) is 4.67. The van der Waals surface area contributed by atoms with Crippen molar-refractivity contribution in [2.75, 3.05) is 6.54 Å². The first-order valence-corrected chi connectivity index (χ1v) is 8.60. The van der Waals surface area contributed by atoms with E-state index in [2.05, 4.69) is 45.3 Å². The summed E-state index contributed by atoms with van der Waals surface area (Å²) in [5.74, 6) is 1.96. The van der Waals surface area contributed by atoms with Crippen LogP contribution in [0.4, 0.5) is 0 Å². The molecular formula is C16H28N2S. The molecule has 1 aliphatic rings. The van der Waals surface area contributed by atoms with Crippen LogP contribution >= 0.6 is 11.3 Å². The lowest BCUT2D eigenvalue weighted by molar-refractivity contribution is 0.105. The molecule has 0 aromatic carbocycles. The van der Waals surface area contributed by atoms with Crippen molar-refractivity contribution < 1.29 is 0 Å². The van der Waals surface area contributed by atoms with Crippen molar-refractivity contribution in [1.29, 1.82) is 0 Å². The molecule has 1 aromatic rings. The standard InChI is InChI=1S/C16H28N2S/c1-6-17-16(9-7-8-12(4)13(16)5)15-18-14(10-19-15)11(2)3/h10-13,17H,6-9H2,1-5H3. The average molecular weight is 280 g/mol. The van der Waals surface area contributed by atoms with Crippen molar-refractivity contribution in [1.82, 2.24) is 10.3 Å². The van der Waals surface area contributed by atoms with Crippen LogP contribution in [0, 0.1) is 11.8 Å². The molecule has 3 unspecified atom stereocenters. The van der Waals surface area contributed by atoms with Gasteiger partial charge in [-0.1, -0.05) is 47.5 Å². The van der Waals surface area contributed by atoms with Gasteiger partial charge in [0.25, 0.3) is 0 Å². The van der Waals surface area contributed by atoms with Crippen LogP contribution in [0.1, 0.15) is 70.5 Å². The lowest BCUT2D eigenvalue weighted by Crippen LogP contribution is -2.51. The molecule has 19 heavy (non-hydrogen) atoms. The van der Waals surface area contributed by atoms with Gasteiger partial charge in [-0.15, -0.1) is 11.3 Å². The molecule has 3 heteroatoms. The second kappa shape index (κ2) is 5.92. The fourth-order valence-electron chi connectivity index (χ4n) is 3.36. The average Bonchev–Trinajstić information content (AvgIpc) is 2.85. The minimum atomic E-state index is 0.115. The number of hydrogen-bond acceptors (Lipinski definition) is 3. The Labute approximate surface area is 122 Å². The highest BCUT2D eigenvalue weighted by atomic mass is 32.1. The highest BCUT2D eigenvalue weighted by molar-refractivity contribution is 7.09. The SMILES string of the molecule is CCNC1(c2nc(C(C)C)cs2)CCCC(C)C1C. The van der Waals surface area contributed by atoms with Gasteiger partial charge in [-0.05, 0) is 30.7 Å². The Bertz CT molecular complexity index is 409. The van der Waals surface area contributed by atoms with Gasteiger partial charge in [-0.2, -0.15) is 0 Å². The maximum atomic E-state index is 4.97. The third-order valence-electron chi connectivity index (χ3n) is 4.85. The molecule has 108 valence electrons. The summed E-state index contributed by atoms with van der Waals surface area (Å²) in [6, 6.07) is 0. The smallest absolute Gasteiger partial charge is 0.113 e. The quantitative estimate of drug-likeness (QED) is 0.876. The lowest BCUT2D eigenvalue weighted by Gasteiger charge is -2.45. The highest BCUT2D eigenvalue weighted by Gasteiger charge is 2.44. The van der Waals surface area contributed by atoms with E-state index in [1.807, 2.05) is 11.3 Å². The maximum absolute atomic E-state index is 4.97. The summed E-state index contributed by atoms with van der Waals surface area (Å²) in [5, 5.41) is 7.37. The van der Waals surface area contributed by atoms with Gasteiger partial charge in [-0.3, -0.25) is 0 Å². The van der Waals surface area contributed by atoms with Gasteiger partial charge in [0.1, 0.15) is 5.01 Å². The van der Waals surface area contributed by atoms with E-state index in [-0.39, 0.29) is 5.54 Å².